The summed E-state index contributed by atoms with van der Waals surface area (Å²) >= 11 is 0. The number of carbonyl (C=O) groups is 1. The average Bonchev–Trinajstić information content (AvgIpc) is 3.96. The van der Waals surface area contributed by atoms with Crippen molar-refractivity contribution >= 4 is 16.7 Å². The number of nitrogens with zero attached hydrogens (tertiary/aromatic N) is 1. The minimum atomic E-state index is -0.505. The van der Waals surface area contributed by atoms with Crippen LogP contribution in [0.4, 0.5) is 0 Å². The summed E-state index contributed by atoms with van der Waals surface area (Å²) < 4.78 is 0. The van der Waals surface area contributed by atoms with E-state index in [9.17, 15) is 4.79 Å². The molecule has 0 unspecified atom stereocenters. The number of hydrogen-bond acceptors (Lipinski definition) is 2. The van der Waals surface area contributed by atoms with Gasteiger partial charge in [-0.2, -0.15) is 0 Å². The van der Waals surface area contributed by atoms with Gasteiger partial charge in [0.25, 0.3) is 5.91 Å². The van der Waals surface area contributed by atoms with E-state index in [1.165, 1.54) is 40.3 Å². The van der Waals surface area contributed by atoms with Gasteiger partial charge in [-0.1, -0.05) is 158 Å². The van der Waals surface area contributed by atoms with Crippen LogP contribution in [-0.2, 0) is 0 Å². The number of nitrogens with two attached hydrogens (primary N) is 1. The smallest absolute Gasteiger partial charge is 0.267 e. The monoisotopic (exact) mass is 606 g/mol. The van der Waals surface area contributed by atoms with Crippen LogP contribution in [0.25, 0.3) is 21.9 Å². The van der Waals surface area contributed by atoms with Crippen molar-refractivity contribution in [2.24, 2.45) is 5.73 Å². The standard InChI is InChI=1S/C13H12N2O.C11H10.C10H12.4C2H6/c1-9-3-2-4-10(7-9)11-5-6-15-12(8-11)13(14)16;1-9-5-4-7-10-6-2-3-8-11(9)10;1-8-3-2-4-10(7-8)9-5-6-9;4*1-2/h2-8H,1H3,(H2,14,16);2-8H,1H3;2-4,7,9H,5-6H2,1H3;4*1-2H3. The van der Waals surface area contributed by atoms with Gasteiger partial charge in [0.2, 0.25) is 0 Å². The van der Waals surface area contributed by atoms with Crippen LogP contribution in [0, 0.1) is 20.8 Å². The third-order valence-electron chi connectivity index (χ3n) is 6.46. The number of amides is 1. The molecule has 2 N–H and O–H groups in total. The zero-order valence-corrected chi connectivity index (χ0v) is 29.8. The third kappa shape index (κ3) is 14.9. The predicted octanol–water partition coefficient (Wildman–Crippen LogP) is 12.3. The second-order valence-corrected chi connectivity index (χ2v) is 9.65. The predicted molar refractivity (Wildman–Crippen MR) is 200 cm³/mol. The molecular weight excluding hydrogens is 548 g/mol. The lowest BCUT2D eigenvalue weighted by Gasteiger charge is -2.03. The quantitative estimate of drug-likeness (QED) is 0.222. The number of aryl methyl sites for hydroxylation is 3. The first kappa shape index (κ1) is 40.8. The molecule has 242 valence electrons. The number of carbonyl (C=O) groups excluding carboxylic acids is 1. The van der Waals surface area contributed by atoms with Crippen molar-refractivity contribution in [3.63, 3.8) is 0 Å². The van der Waals surface area contributed by atoms with E-state index in [1.807, 2.05) is 86.6 Å². The van der Waals surface area contributed by atoms with Crippen molar-refractivity contribution in [1.82, 2.24) is 4.98 Å². The van der Waals surface area contributed by atoms with Crippen molar-refractivity contribution in [3.8, 4) is 11.1 Å². The van der Waals surface area contributed by atoms with Gasteiger partial charge in [-0.05, 0) is 84.7 Å². The summed E-state index contributed by atoms with van der Waals surface area (Å²) in [6.45, 7) is 22.3. The molecule has 6 rings (SSSR count). The number of benzene rings is 4. The van der Waals surface area contributed by atoms with Gasteiger partial charge < -0.3 is 5.73 Å². The molecule has 0 atom stereocenters. The number of primary amides is 1. The van der Waals surface area contributed by atoms with Gasteiger partial charge in [0, 0.05) is 6.20 Å². The van der Waals surface area contributed by atoms with Gasteiger partial charge in [-0.25, -0.2) is 0 Å². The molecule has 1 heterocycles. The van der Waals surface area contributed by atoms with E-state index >= 15 is 0 Å². The van der Waals surface area contributed by atoms with Gasteiger partial charge in [0.15, 0.2) is 0 Å². The molecule has 3 nitrogen and oxygen atoms in total. The Labute approximate surface area is 275 Å². The van der Waals surface area contributed by atoms with E-state index in [1.54, 1.807) is 17.8 Å². The molecule has 1 aromatic heterocycles. The fourth-order valence-electron chi connectivity index (χ4n) is 4.30. The minimum Gasteiger partial charge on any atom is -0.364 e. The van der Waals surface area contributed by atoms with E-state index in [-0.39, 0.29) is 0 Å². The molecule has 0 saturated heterocycles. The van der Waals surface area contributed by atoms with Gasteiger partial charge in [-0.15, -0.1) is 0 Å². The molecule has 0 spiro atoms. The first-order chi connectivity index (χ1) is 21.9. The fourth-order valence-corrected chi connectivity index (χ4v) is 4.30. The van der Waals surface area contributed by atoms with Gasteiger partial charge >= 0.3 is 0 Å². The number of pyridine rings is 1. The van der Waals surface area contributed by atoms with Crippen LogP contribution in [0.3, 0.4) is 0 Å². The summed E-state index contributed by atoms with van der Waals surface area (Å²) in [5.74, 6) is 0.398. The molecule has 3 heteroatoms. The first-order valence-electron chi connectivity index (χ1n) is 16.7. The Morgan fingerprint density at radius 3 is 1.71 bits per heavy atom. The van der Waals surface area contributed by atoms with Crippen molar-refractivity contribution in [2.75, 3.05) is 0 Å². The van der Waals surface area contributed by atoms with Gasteiger partial charge in [-0.3, -0.25) is 9.78 Å². The van der Waals surface area contributed by atoms with E-state index in [2.05, 4.69) is 91.6 Å². The van der Waals surface area contributed by atoms with Crippen LogP contribution in [0.15, 0.2) is 109 Å². The Bertz CT molecular complexity index is 1500. The molecule has 1 aliphatic rings. The highest BCUT2D eigenvalue weighted by atomic mass is 16.1. The molecule has 4 aromatic carbocycles. The van der Waals surface area contributed by atoms with Crippen molar-refractivity contribution in [3.05, 3.63) is 137 Å². The second-order valence-electron chi connectivity index (χ2n) is 9.65. The number of hydrogen-bond donors (Lipinski definition) is 1. The van der Waals surface area contributed by atoms with Crippen LogP contribution in [0.2, 0.25) is 0 Å². The topological polar surface area (TPSA) is 56.0 Å². The molecule has 5 aromatic rings. The summed E-state index contributed by atoms with van der Waals surface area (Å²) in [7, 11) is 0. The first-order valence-corrected chi connectivity index (χ1v) is 16.7. The lowest BCUT2D eigenvalue weighted by Crippen LogP contribution is -2.12. The van der Waals surface area contributed by atoms with Crippen LogP contribution in [-0.4, -0.2) is 10.9 Å². The normalized spacial score (nSPS) is 10.5. The lowest BCUT2D eigenvalue weighted by molar-refractivity contribution is 0.0995. The molecule has 0 aliphatic heterocycles. The van der Waals surface area contributed by atoms with Crippen molar-refractivity contribution < 1.29 is 4.79 Å². The summed E-state index contributed by atoms with van der Waals surface area (Å²) in [6.07, 6.45) is 4.41. The average molecular weight is 607 g/mol. The number of rotatable bonds is 3. The Morgan fingerprint density at radius 1 is 0.622 bits per heavy atom. The molecule has 1 fully saturated rings. The highest BCUT2D eigenvalue weighted by molar-refractivity contribution is 5.92. The molecule has 0 bridgehead atoms. The molecule has 1 aliphatic carbocycles. The van der Waals surface area contributed by atoms with Crippen LogP contribution < -0.4 is 5.73 Å². The molecule has 0 radical (unpaired) electrons. The van der Waals surface area contributed by atoms with Crippen LogP contribution in [0.1, 0.15) is 107 Å². The second kappa shape index (κ2) is 24.1. The Kier molecular flexibility index (Phi) is 21.9. The summed E-state index contributed by atoms with van der Waals surface area (Å²) in [5, 5.41) is 2.68. The Morgan fingerprint density at radius 2 is 1.16 bits per heavy atom. The minimum absolute atomic E-state index is 0.291. The van der Waals surface area contributed by atoms with E-state index < -0.39 is 5.91 Å². The Hall–Kier alpha value is -4.24. The number of fused-ring (bicyclic) bond motifs is 1. The van der Waals surface area contributed by atoms with E-state index in [0.717, 1.165) is 17.0 Å². The summed E-state index contributed by atoms with van der Waals surface area (Å²) in [5.41, 5.74) is 13.0. The van der Waals surface area contributed by atoms with Crippen molar-refractivity contribution in [2.45, 2.75) is 94.9 Å². The zero-order chi connectivity index (χ0) is 34.2. The fraction of sp³-hybridized carbons (Fsp3) is 0.333. The number of aromatic nitrogens is 1. The highest BCUT2D eigenvalue weighted by Crippen LogP contribution is 2.40. The molecule has 1 amide bonds. The van der Waals surface area contributed by atoms with E-state index in [4.69, 9.17) is 5.73 Å². The van der Waals surface area contributed by atoms with E-state index in [0.29, 0.717) is 5.69 Å². The Balaban J connectivity index is 0.000000592. The maximum atomic E-state index is 11.0. The van der Waals surface area contributed by atoms with Crippen LogP contribution in [0.5, 0.6) is 0 Å². The summed E-state index contributed by atoms with van der Waals surface area (Å²) in [4.78, 5) is 14.9. The third-order valence-corrected chi connectivity index (χ3v) is 6.46. The van der Waals surface area contributed by atoms with Crippen LogP contribution >= 0.6 is 0 Å². The SMILES string of the molecule is CC.CC.CC.CC.Cc1cccc(-c2ccnc(C(N)=O)c2)c1.Cc1cccc(C2CC2)c1.Cc1cccc2ccccc12. The highest BCUT2D eigenvalue weighted by Gasteiger charge is 2.22. The zero-order valence-electron chi connectivity index (χ0n) is 29.8. The molecule has 1 saturated carbocycles. The largest absolute Gasteiger partial charge is 0.364 e. The molecular formula is C42H58N2O. The van der Waals surface area contributed by atoms with Gasteiger partial charge in [0.1, 0.15) is 5.69 Å². The van der Waals surface area contributed by atoms with Crippen molar-refractivity contribution in [1.29, 1.82) is 0 Å². The molecule has 45 heavy (non-hydrogen) atoms. The summed E-state index contributed by atoms with van der Waals surface area (Å²) in [6, 6.07) is 35.3. The maximum Gasteiger partial charge on any atom is 0.267 e. The van der Waals surface area contributed by atoms with Gasteiger partial charge in [0.05, 0.1) is 0 Å². The lowest BCUT2D eigenvalue weighted by atomic mass is 10.0. The maximum absolute atomic E-state index is 11.0.